The lowest BCUT2D eigenvalue weighted by Crippen LogP contribution is -2.20. The lowest BCUT2D eigenvalue weighted by Gasteiger charge is -2.13. The van der Waals surface area contributed by atoms with Gasteiger partial charge in [0, 0.05) is 11.4 Å². The minimum Gasteiger partial charge on any atom is -0.483 e. The molecule has 3 rings (SSSR count). The number of rotatable bonds is 7. The fraction of sp³-hybridized carbons (Fsp3) is 0.208. The summed E-state index contributed by atoms with van der Waals surface area (Å²) >= 11 is 0. The Hall–Kier alpha value is -3.32. The molecule has 162 valence electrons. The van der Waals surface area contributed by atoms with Crippen LogP contribution in [0.15, 0.2) is 65.6 Å². The first-order chi connectivity index (χ1) is 14.6. The molecule has 0 radical (unpaired) electrons. The Labute approximate surface area is 183 Å². The first kappa shape index (κ1) is 22.4. The molecule has 1 amide bonds. The van der Waals surface area contributed by atoms with Crippen LogP contribution in [0.3, 0.4) is 0 Å². The first-order valence-corrected chi connectivity index (χ1v) is 11.3. The van der Waals surface area contributed by atoms with Crippen molar-refractivity contribution in [2.24, 2.45) is 0 Å². The van der Waals surface area contributed by atoms with E-state index in [0.29, 0.717) is 22.7 Å². The summed E-state index contributed by atoms with van der Waals surface area (Å²) in [6.45, 7) is 7.42. The molecule has 0 aromatic heterocycles. The number of amides is 1. The van der Waals surface area contributed by atoms with E-state index in [1.54, 1.807) is 25.1 Å². The molecule has 3 aromatic rings. The molecule has 0 unspecified atom stereocenters. The summed E-state index contributed by atoms with van der Waals surface area (Å²) in [6, 6.07) is 17.4. The van der Waals surface area contributed by atoms with Gasteiger partial charge in [0.1, 0.15) is 5.75 Å². The molecule has 6 nitrogen and oxygen atoms in total. The van der Waals surface area contributed by atoms with Crippen molar-refractivity contribution in [3.05, 3.63) is 82.9 Å². The van der Waals surface area contributed by atoms with E-state index in [1.807, 2.05) is 51.1 Å². The monoisotopic (exact) mass is 438 g/mol. The number of hydrogen-bond acceptors (Lipinski definition) is 4. The number of anilines is 2. The van der Waals surface area contributed by atoms with Crippen molar-refractivity contribution in [2.75, 3.05) is 16.6 Å². The predicted octanol–water partition coefficient (Wildman–Crippen LogP) is 4.74. The molecule has 31 heavy (non-hydrogen) atoms. The van der Waals surface area contributed by atoms with Crippen LogP contribution in [-0.2, 0) is 14.8 Å². The van der Waals surface area contributed by atoms with Gasteiger partial charge in [0.25, 0.3) is 15.9 Å². The standard InChI is InChI=1S/C24H26N2O4S/c1-16-5-7-20(8-6-16)26-31(28,29)22-9-10-23(19(4)14-22)30-15-24(27)25-21-12-17(2)11-18(3)13-21/h5-14,26H,15H2,1-4H3,(H,25,27). The maximum Gasteiger partial charge on any atom is 0.262 e. The summed E-state index contributed by atoms with van der Waals surface area (Å²) in [5.74, 6) is 0.159. The highest BCUT2D eigenvalue weighted by atomic mass is 32.2. The highest BCUT2D eigenvalue weighted by Gasteiger charge is 2.16. The third kappa shape index (κ3) is 6.08. The van der Waals surface area contributed by atoms with Crippen LogP contribution in [0.5, 0.6) is 5.75 Å². The summed E-state index contributed by atoms with van der Waals surface area (Å²) in [5.41, 5.74) is 4.98. The molecule has 0 aliphatic rings. The van der Waals surface area contributed by atoms with Crippen LogP contribution in [0.25, 0.3) is 0 Å². The smallest absolute Gasteiger partial charge is 0.262 e. The van der Waals surface area contributed by atoms with E-state index >= 15 is 0 Å². The molecule has 0 spiro atoms. The number of sulfonamides is 1. The van der Waals surface area contributed by atoms with Gasteiger partial charge in [-0.05, 0) is 86.8 Å². The largest absolute Gasteiger partial charge is 0.483 e. The fourth-order valence-electron chi connectivity index (χ4n) is 3.17. The number of ether oxygens (including phenoxy) is 1. The van der Waals surface area contributed by atoms with Gasteiger partial charge >= 0.3 is 0 Å². The van der Waals surface area contributed by atoms with Gasteiger partial charge < -0.3 is 10.1 Å². The van der Waals surface area contributed by atoms with Gasteiger partial charge in [-0.2, -0.15) is 0 Å². The Balaban J connectivity index is 1.64. The molecule has 0 saturated carbocycles. The summed E-state index contributed by atoms with van der Waals surface area (Å²) in [4.78, 5) is 12.4. The van der Waals surface area contributed by atoms with E-state index in [2.05, 4.69) is 10.0 Å². The topological polar surface area (TPSA) is 84.5 Å². The summed E-state index contributed by atoms with van der Waals surface area (Å²) in [7, 11) is -3.73. The molecule has 0 aliphatic carbocycles. The molecule has 0 aliphatic heterocycles. The van der Waals surface area contributed by atoms with Crippen LogP contribution >= 0.6 is 0 Å². The van der Waals surface area contributed by atoms with E-state index in [4.69, 9.17) is 4.74 Å². The van der Waals surface area contributed by atoms with E-state index in [-0.39, 0.29) is 17.4 Å². The number of hydrogen-bond donors (Lipinski definition) is 2. The Morgan fingerprint density at radius 1 is 0.806 bits per heavy atom. The second-order valence-corrected chi connectivity index (χ2v) is 9.29. The lowest BCUT2D eigenvalue weighted by molar-refractivity contribution is -0.118. The maximum absolute atomic E-state index is 12.7. The molecule has 0 heterocycles. The Kier molecular flexibility index (Phi) is 6.65. The van der Waals surface area contributed by atoms with Gasteiger partial charge in [0.2, 0.25) is 0 Å². The maximum atomic E-state index is 12.7. The number of carbonyl (C=O) groups is 1. The molecule has 0 saturated heterocycles. The number of benzene rings is 3. The molecule has 2 N–H and O–H groups in total. The van der Waals surface area contributed by atoms with Crippen LogP contribution in [-0.4, -0.2) is 20.9 Å². The first-order valence-electron chi connectivity index (χ1n) is 9.83. The SMILES string of the molecule is Cc1ccc(NS(=O)(=O)c2ccc(OCC(=O)Nc3cc(C)cc(C)c3)c(C)c2)cc1. The molecule has 0 bridgehead atoms. The zero-order valence-corrected chi connectivity index (χ0v) is 18.8. The third-order valence-electron chi connectivity index (χ3n) is 4.62. The van der Waals surface area contributed by atoms with Crippen LogP contribution < -0.4 is 14.8 Å². The van der Waals surface area contributed by atoms with Crippen molar-refractivity contribution in [2.45, 2.75) is 32.6 Å². The summed E-state index contributed by atoms with van der Waals surface area (Å²) < 4.78 is 33.5. The van der Waals surface area contributed by atoms with Crippen LogP contribution in [0.1, 0.15) is 22.3 Å². The molecule has 7 heteroatoms. The van der Waals surface area contributed by atoms with Gasteiger partial charge in [-0.3, -0.25) is 9.52 Å². The zero-order chi connectivity index (χ0) is 22.6. The second-order valence-electron chi connectivity index (χ2n) is 7.61. The Morgan fingerprint density at radius 2 is 1.45 bits per heavy atom. The highest BCUT2D eigenvalue weighted by Crippen LogP contribution is 2.24. The van der Waals surface area contributed by atoms with E-state index in [9.17, 15) is 13.2 Å². The molecular formula is C24H26N2O4S. The molecule has 3 aromatic carbocycles. The quantitative estimate of drug-likeness (QED) is 0.558. The van der Waals surface area contributed by atoms with Gasteiger partial charge in [0.15, 0.2) is 6.61 Å². The van der Waals surface area contributed by atoms with Crippen molar-refractivity contribution in [3.8, 4) is 5.75 Å². The molecule has 0 fully saturated rings. The normalized spacial score (nSPS) is 11.1. The highest BCUT2D eigenvalue weighted by molar-refractivity contribution is 7.92. The fourth-order valence-corrected chi connectivity index (χ4v) is 4.32. The number of nitrogens with one attached hydrogen (secondary N) is 2. The zero-order valence-electron chi connectivity index (χ0n) is 18.0. The van der Waals surface area contributed by atoms with Gasteiger partial charge in [-0.25, -0.2) is 8.42 Å². The van der Waals surface area contributed by atoms with E-state index < -0.39 is 10.0 Å². The van der Waals surface area contributed by atoms with Crippen LogP contribution in [0, 0.1) is 27.7 Å². The molecular weight excluding hydrogens is 412 g/mol. The molecule has 0 atom stereocenters. The average molecular weight is 439 g/mol. The van der Waals surface area contributed by atoms with Gasteiger partial charge in [0.05, 0.1) is 4.90 Å². The Bertz CT molecular complexity index is 1180. The van der Waals surface area contributed by atoms with Crippen molar-refractivity contribution >= 4 is 27.3 Å². The van der Waals surface area contributed by atoms with Crippen molar-refractivity contribution in [1.82, 2.24) is 0 Å². The van der Waals surface area contributed by atoms with Gasteiger partial charge in [-0.15, -0.1) is 0 Å². The van der Waals surface area contributed by atoms with E-state index in [0.717, 1.165) is 16.7 Å². The van der Waals surface area contributed by atoms with Crippen molar-refractivity contribution in [1.29, 1.82) is 0 Å². The van der Waals surface area contributed by atoms with E-state index in [1.165, 1.54) is 12.1 Å². The summed E-state index contributed by atoms with van der Waals surface area (Å²) in [6.07, 6.45) is 0. The Morgan fingerprint density at radius 3 is 2.06 bits per heavy atom. The number of carbonyl (C=O) groups excluding carboxylic acids is 1. The summed E-state index contributed by atoms with van der Waals surface area (Å²) in [5, 5.41) is 2.81. The lowest BCUT2D eigenvalue weighted by atomic mass is 10.1. The van der Waals surface area contributed by atoms with Crippen LogP contribution in [0.4, 0.5) is 11.4 Å². The predicted molar refractivity (Wildman–Crippen MR) is 123 cm³/mol. The third-order valence-corrected chi connectivity index (χ3v) is 6.00. The van der Waals surface area contributed by atoms with Crippen molar-refractivity contribution < 1.29 is 17.9 Å². The number of aryl methyl sites for hydroxylation is 4. The van der Waals surface area contributed by atoms with Gasteiger partial charge in [-0.1, -0.05) is 23.8 Å². The minimum atomic E-state index is -3.73. The average Bonchev–Trinajstić information content (AvgIpc) is 2.68. The minimum absolute atomic E-state index is 0.123. The second kappa shape index (κ2) is 9.22. The van der Waals surface area contributed by atoms with Crippen molar-refractivity contribution in [3.63, 3.8) is 0 Å². The van der Waals surface area contributed by atoms with Crippen LogP contribution in [0.2, 0.25) is 0 Å².